The van der Waals surface area contributed by atoms with E-state index in [4.69, 9.17) is 21.1 Å². The lowest BCUT2D eigenvalue weighted by Crippen LogP contribution is -2.56. The molecule has 3 atom stereocenters. The molecule has 0 spiro atoms. The molecule has 0 saturated heterocycles. The number of carboxylic acid groups (broad SMARTS) is 2. The fourth-order valence-electron chi connectivity index (χ4n) is 1.65. The first kappa shape index (κ1) is 20.8. The minimum Gasteiger partial charge on any atom is -0.481 e. The van der Waals surface area contributed by atoms with Gasteiger partial charge in [-0.1, -0.05) is 13.8 Å². The van der Waals surface area contributed by atoms with Gasteiger partial charge < -0.3 is 31.7 Å². The smallest absolute Gasteiger partial charge is 0.328 e. The van der Waals surface area contributed by atoms with Crippen molar-refractivity contribution in [2.45, 2.75) is 44.8 Å². The first-order valence-electron chi connectivity index (χ1n) is 7.01. The molecular weight excluding hydrogens is 310 g/mol. The van der Waals surface area contributed by atoms with Gasteiger partial charge in [0.25, 0.3) is 0 Å². The summed E-state index contributed by atoms with van der Waals surface area (Å²) in [6.45, 7) is 2.46. The van der Waals surface area contributed by atoms with Crippen molar-refractivity contribution in [2.24, 2.45) is 11.7 Å². The van der Waals surface area contributed by atoms with E-state index < -0.39 is 48.5 Å². The Balaban J connectivity index is 4.79. The fourth-order valence-corrected chi connectivity index (χ4v) is 1.65. The molecule has 2 amide bonds. The molecule has 7 N–H and O–H groups in total. The molecule has 0 fully saturated rings. The second-order valence-electron chi connectivity index (χ2n) is 5.35. The van der Waals surface area contributed by atoms with Gasteiger partial charge in [-0.15, -0.1) is 0 Å². The molecule has 132 valence electrons. The van der Waals surface area contributed by atoms with Gasteiger partial charge in [0.15, 0.2) is 0 Å². The number of carboxylic acids is 2. The third kappa shape index (κ3) is 7.56. The number of aliphatic hydroxyl groups excluding tert-OH is 1. The second-order valence-corrected chi connectivity index (χ2v) is 5.35. The van der Waals surface area contributed by atoms with Gasteiger partial charge in [0.05, 0.1) is 12.6 Å². The van der Waals surface area contributed by atoms with E-state index in [2.05, 4.69) is 10.6 Å². The van der Waals surface area contributed by atoms with Crippen LogP contribution in [0.2, 0.25) is 0 Å². The number of nitrogens with one attached hydrogen (secondary N) is 2. The topological polar surface area (TPSA) is 179 Å². The van der Waals surface area contributed by atoms with Crippen molar-refractivity contribution in [1.82, 2.24) is 10.6 Å². The summed E-state index contributed by atoms with van der Waals surface area (Å²) in [6, 6.07) is -3.65. The van der Waals surface area contributed by atoms with Crippen molar-refractivity contribution in [2.75, 3.05) is 6.61 Å². The molecule has 0 aliphatic rings. The van der Waals surface area contributed by atoms with Gasteiger partial charge in [0.2, 0.25) is 11.8 Å². The van der Waals surface area contributed by atoms with E-state index in [9.17, 15) is 19.2 Å². The van der Waals surface area contributed by atoms with E-state index >= 15 is 0 Å². The number of nitrogens with two attached hydrogens (primary N) is 1. The summed E-state index contributed by atoms with van der Waals surface area (Å²) in [4.78, 5) is 45.2. The molecule has 10 nitrogen and oxygen atoms in total. The Labute approximate surface area is 133 Å². The van der Waals surface area contributed by atoms with Crippen LogP contribution in [0.3, 0.4) is 0 Å². The zero-order chi connectivity index (χ0) is 18.2. The normalized spacial score (nSPS) is 14.7. The van der Waals surface area contributed by atoms with Crippen LogP contribution >= 0.6 is 0 Å². The highest BCUT2D eigenvalue weighted by Crippen LogP contribution is 2.04. The number of aliphatic hydroxyl groups is 1. The summed E-state index contributed by atoms with van der Waals surface area (Å²) in [5.41, 5.74) is 5.55. The highest BCUT2D eigenvalue weighted by Gasteiger charge is 2.29. The fraction of sp³-hybridized carbons (Fsp3) is 0.692. The molecule has 0 unspecified atom stereocenters. The predicted octanol–water partition coefficient (Wildman–Crippen LogP) is -2.12. The van der Waals surface area contributed by atoms with Gasteiger partial charge in [0, 0.05) is 6.42 Å². The molecule has 0 aliphatic heterocycles. The lowest BCUT2D eigenvalue weighted by molar-refractivity contribution is -0.143. The SMILES string of the molecule is CC(C)[C@H](NC(=O)[C@@H](N)CCC(=O)O)C(=O)N[C@@H](CO)C(=O)O. The van der Waals surface area contributed by atoms with Crippen molar-refractivity contribution >= 4 is 23.8 Å². The molecule has 0 heterocycles. The van der Waals surface area contributed by atoms with E-state index in [0.717, 1.165) is 0 Å². The van der Waals surface area contributed by atoms with E-state index in [-0.39, 0.29) is 18.8 Å². The van der Waals surface area contributed by atoms with E-state index in [1.807, 2.05) is 0 Å². The predicted molar refractivity (Wildman–Crippen MR) is 78.3 cm³/mol. The Hall–Kier alpha value is -2.20. The van der Waals surface area contributed by atoms with E-state index in [0.29, 0.717) is 0 Å². The van der Waals surface area contributed by atoms with E-state index in [1.54, 1.807) is 13.8 Å². The molecule has 0 aliphatic carbocycles. The van der Waals surface area contributed by atoms with Crippen molar-refractivity contribution in [1.29, 1.82) is 0 Å². The number of rotatable bonds is 10. The van der Waals surface area contributed by atoms with Crippen LogP contribution in [0.5, 0.6) is 0 Å². The summed E-state index contributed by atoms with van der Waals surface area (Å²) in [7, 11) is 0. The first-order chi connectivity index (χ1) is 10.6. The third-order valence-corrected chi connectivity index (χ3v) is 3.05. The van der Waals surface area contributed by atoms with Crippen molar-refractivity contribution in [3.63, 3.8) is 0 Å². The Bertz CT molecular complexity index is 453. The van der Waals surface area contributed by atoms with Gasteiger partial charge >= 0.3 is 11.9 Å². The zero-order valence-electron chi connectivity index (χ0n) is 13.0. The maximum Gasteiger partial charge on any atom is 0.328 e. The molecule has 10 heteroatoms. The lowest BCUT2D eigenvalue weighted by Gasteiger charge is -2.24. The summed E-state index contributed by atoms with van der Waals surface area (Å²) in [6.07, 6.45) is -0.388. The van der Waals surface area contributed by atoms with Gasteiger partial charge in [-0.2, -0.15) is 0 Å². The van der Waals surface area contributed by atoms with Crippen molar-refractivity contribution in [3.05, 3.63) is 0 Å². The molecule has 0 rings (SSSR count). The quantitative estimate of drug-likeness (QED) is 0.262. The average molecular weight is 333 g/mol. The molecule has 0 bridgehead atoms. The van der Waals surface area contributed by atoms with Gasteiger partial charge in [0.1, 0.15) is 12.1 Å². The summed E-state index contributed by atoms with van der Waals surface area (Å²) < 4.78 is 0. The highest BCUT2D eigenvalue weighted by atomic mass is 16.4. The van der Waals surface area contributed by atoms with E-state index in [1.165, 1.54) is 0 Å². The number of hydrogen-bond acceptors (Lipinski definition) is 6. The van der Waals surface area contributed by atoms with Gasteiger partial charge in [-0.25, -0.2) is 4.79 Å². The summed E-state index contributed by atoms with van der Waals surface area (Å²) in [5.74, 6) is -4.37. The van der Waals surface area contributed by atoms with Crippen LogP contribution in [0.1, 0.15) is 26.7 Å². The second kappa shape index (κ2) is 9.74. The molecule has 0 aromatic carbocycles. The third-order valence-electron chi connectivity index (χ3n) is 3.05. The number of carbonyl (C=O) groups is 4. The van der Waals surface area contributed by atoms with Crippen molar-refractivity contribution in [3.8, 4) is 0 Å². The Morgan fingerprint density at radius 1 is 1.04 bits per heavy atom. The molecule has 0 radical (unpaired) electrons. The van der Waals surface area contributed by atoms with Crippen LogP contribution < -0.4 is 16.4 Å². The Kier molecular flexibility index (Phi) is 8.81. The number of amides is 2. The molecule has 0 saturated carbocycles. The number of carbonyl (C=O) groups excluding carboxylic acids is 2. The van der Waals surface area contributed by atoms with Gasteiger partial charge in [-0.05, 0) is 12.3 Å². The minimum atomic E-state index is -1.48. The monoisotopic (exact) mass is 333 g/mol. The van der Waals surface area contributed by atoms with Crippen LogP contribution in [0.4, 0.5) is 0 Å². The Morgan fingerprint density at radius 3 is 2.00 bits per heavy atom. The van der Waals surface area contributed by atoms with Crippen LogP contribution in [0, 0.1) is 5.92 Å². The zero-order valence-corrected chi connectivity index (χ0v) is 13.0. The number of hydrogen-bond donors (Lipinski definition) is 6. The molecule has 0 aromatic heterocycles. The molecular formula is C13H23N3O7. The minimum absolute atomic E-state index is 0.0952. The van der Waals surface area contributed by atoms with Gasteiger partial charge in [-0.3, -0.25) is 14.4 Å². The van der Waals surface area contributed by atoms with Crippen LogP contribution in [0.15, 0.2) is 0 Å². The summed E-state index contributed by atoms with van der Waals surface area (Å²) >= 11 is 0. The van der Waals surface area contributed by atoms with Crippen LogP contribution in [-0.4, -0.2) is 63.8 Å². The van der Waals surface area contributed by atoms with Crippen LogP contribution in [0.25, 0.3) is 0 Å². The molecule has 23 heavy (non-hydrogen) atoms. The first-order valence-corrected chi connectivity index (χ1v) is 7.01. The summed E-state index contributed by atoms with van der Waals surface area (Å²) in [5, 5.41) is 30.7. The lowest BCUT2D eigenvalue weighted by atomic mass is 10.0. The average Bonchev–Trinajstić information content (AvgIpc) is 2.46. The molecule has 0 aromatic rings. The Morgan fingerprint density at radius 2 is 1.61 bits per heavy atom. The van der Waals surface area contributed by atoms with Crippen LogP contribution in [-0.2, 0) is 19.2 Å². The van der Waals surface area contributed by atoms with Crippen molar-refractivity contribution < 1.29 is 34.5 Å². The maximum atomic E-state index is 12.0. The standard InChI is InChI=1S/C13H23N3O7/c1-6(2)10(12(21)15-8(5-17)13(22)23)16-11(20)7(14)3-4-9(18)19/h6-8,10,17H,3-5,14H2,1-2H3,(H,15,21)(H,16,20)(H,18,19)(H,22,23)/t7-,8-,10-/m0/s1. The number of aliphatic carboxylic acids is 2. The largest absolute Gasteiger partial charge is 0.481 e. The maximum absolute atomic E-state index is 12.0. The highest BCUT2D eigenvalue weighted by molar-refractivity contribution is 5.92.